The second-order valence-corrected chi connectivity index (χ2v) is 3.39. The molecule has 1 rings (SSSR count). The average molecular weight is 267 g/mol. The molecule has 18 heavy (non-hydrogen) atoms. The Morgan fingerprint density at radius 1 is 1.39 bits per heavy atom. The fourth-order valence-corrected chi connectivity index (χ4v) is 1.33. The summed E-state index contributed by atoms with van der Waals surface area (Å²) in [4.78, 5) is 11.3. The van der Waals surface area contributed by atoms with E-state index in [2.05, 4.69) is 15.0 Å². The monoisotopic (exact) mass is 267 g/mol. The molecule has 0 bridgehead atoms. The molecule has 0 unspecified atom stereocenters. The number of methoxy groups -OCH3 is 2. The Morgan fingerprint density at radius 2 is 2.06 bits per heavy atom. The van der Waals surface area contributed by atoms with E-state index in [9.17, 15) is 18.0 Å². The van der Waals surface area contributed by atoms with Crippen LogP contribution in [0.4, 0.5) is 13.2 Å². The van der Waals surface area contributed by atoms with Crippen LogP contribution in [0.3, 0.4) is 0 Å². The van der Waals surface area contributed by atoms with Crippen LogP contribution in [0.2, 0.25) is 0 Å². The largest absolute Gasteiger partial charge is 0.464 e. The third kappa shape index (κ3) is 3.69. The van der Waals surface area contributed by atoms with E-state index < -0.39 is 18.7 Å². The molecule has 0 aliphatic carbocycles. The summed E-state index contributed by atoms with van der Waals surface area (Å²) >= 11 is 0. The van der Waals surface area contributed by atoms with E-state index >= 15 is 0 Å². The van der Waals surface area contributed by atoms with E-state index in [-0.39, 0.29) is 24.4 Å². The molecule has 1 aromatic heterocycles. The fourth-order valence-electron chi connectivity index (χ4n) is 1.33. The van der Waals surface area contributed by atoms with Gasteiger partial charge in [-0.3, -0.25) is 0 Å². The third-order valence-electron chi connectivity index (χ3n) is 2.09. The first-order valence-electron chi connectivity index (χ1n) is 4.95. The van der Waals surface area contributed by atoms with Gasteiger partial charge in [-0.05, 0) is 0 Å². The van der Waals surface area contributed by atoms with Crippen molar-refractivity contribution in [2.45, 2.75) is 19.1 Å². The minimum atomic E-state index is -4.44. The number of hydrogen-bond acceptors (Lipinski definition) is 5. The van der Waals surface area contributed by atoms with Crippen LogP contribution in [-0.4, -0.2) is 48.0 Å². The molecular weight excluding hydrogens is 255 g/mol. The van der Waals surface area contributed by atoms with Gasteiger partial charge < -0.3 is 9.47 Å². The van der Waals surface area contributed by atoms with E-state index in [1.165, 1.54) is 7.11 Å². The Balaban J connectivity index is 3.02. The van der Waals surface area contributed by atoms with Crippen molar-refractivity contribution in [3.8, 4) is 0 Å². The zero-order valence-electron chi connectivity index (χ0n) is 9.82. The molecule has 9 heteroatoms. The number of carbonyl (C=O) groups excluding carboxylic acids is 1. The van der Waals surface area contributed by atoms with E-state index in [1.54, 1.807) is 0 Å². The second-order valence-electron chi connectivity index (χ2n) is 3.39. The van der Waals surface area contributed by atoms with Gasteiger partial charge in [0.25, 0.3) is 0 Å². The van der Waals surface area contributed by atoms with Crippen LogP contribution in [0.5, 0.6) is 0 Å². The predicted octanol–water partition coefficient (Wildman–Crippen LogP) is 0.816. The van der Waals surface area contributed by atoms with Gasteiger partial charge in [0, 0.05) is 13.5 Å². The standard InChI is InChI=1S/C9H12F3N3O3/c1-17-4-3-6-7(8(16)18-2)13-14-15(6)5-9(10,11)12/h3-5H2,1-2H3. The quantitative estimate of drug-likeness (QED) is 0.739. The normalized spacial score (nSPS) is 11.6. The number of halogens is 3. The number of carbonyl (C=O) groups is 1. The Labute approximate surface area is 101 Å². The molecule has 0 spiro atoms. The lowest BCUT2D eigenvalue weighted by Crippen LogP contribution is -2.21. The minimum absolute atomic E-state index is 0.0426. The van der Waals surface area contributed by atoms with E-state index in [0.29, 0.717) is 4.68 Å². The molecule has 0 saturated carbocycles. The average Bonchev–Trinajstić information content (AvgIpc) is 2.66. The highest BCUT2D eigenvalue weighted by molar-refractivity contribution is 5.88. The molecule has 1 heterocycles. The van der Waals surface area contributed by atoms with Gasteiger partial charge in [-0.2, -0.15) is 13.2 Å². The molecule has 0 aliphatic rings. The highest BCUT2D eigenvalue weighted by Gasteiger charge is 2.31. The van der Waals surface area contributed by atoms with Gasteiger partial charge in [0.2, 0.25) is 0 Å². The van der Waals surface area contributed by atoms with Gasteiger partial charge in [0.05, 0.1) is 19.4 Å². The van der Waals surface area contributed by atoms with Crippen LogP contribution in [0.15, 0.2) is 0 Å². The van der Waals surface area contributed by atoms with Crippen molar-refractivity contribution in [1.82, 2.24) is 15.0 Å². The van der Waals surface area contributed by atoms with Gasteiger partial charge >= 0.3 is 12.1 Å². The number of nitrogens with zero attached hydrogens (tertiary/aromatic N) is 3. The summed E-state index contributed by atoms with van der Waals surface area (Å²) in [5.74, 6) is -0.825. The van der Waals surface area contributed by atoms with Crippen LogP contribution in [0.1, 0.15) is 16.2 Å². The lowest BCUT2D eigenvalue weighted by Gasteiger charge is -2.09. The van der Waals surface area contributed by atoms with Crippen molar-refractivity contribution in [2.24, 2.45) is 0 Å². The molecule has 102 valence electrons. The summed E-state index contributed by atoms with van der Waals surface area (Å²) in [5, 5.41) is 6.72. The molecule has 0 aliphatic heterocycles. The zero-order valence-corrected chi connectivity index (χ0v) is 9.82. The second kappa shape index (κ2) is 5.80. The maximum atomic E-state index is 12.3. The highest BCUT2D eigenvalue weighted by Crippen LogP contribution is 2.19. The van der Waals surface area contributed by atoms with Crippen molar-refractivity contribution in [2.75, 3.05) is 20.8 Å². The van der Waals surface area contributed by atoms with Gasteiger partial charge in [0.15, 0.2) is 5.69 Å². The maximum Gasteiger partial charge on any atom is 0.408 e. The van der Waals surface area contributed by atoms with Crippen molar-refractivity contribution in [3.05, 3.63) is 11.4 Å². The Bertz CT molecular complexity index is 417. The molecule has 0 aromatic carbocycles. The van der Waals surface area contributed by atoms with Gasteiger partial charge in [0.1, 0.15) is 6.54 Å². The predicted molar refractivity (Wildman–Crippen MR) is 53.0 cm³/mol. The van der Waals surface area contributed by atoms with Crippen molar-refractivity contribution in [1.29, 1.82) is 0 Å². The zero-order chi connectivity index (χ0) is 13.8. The molecule has 6 nitrogen and oxygen atoms in total. The van der Waals surface area contributed by atoms with E-state index in [1.807, 2.05) is 0 Å². The molecule has 0 atom stereocenters. The van der Waals surface area contributed by atoms with Crippen molar-refractivity contribution < 1.29 is 27.4 Å². The first-order valence-corrected chi connectivity index (χ1v) is 4.95. The van der Waals surface area contributed by atoms with Gasteiger partial charge in [-0.15, -0.1) is 5.10 Å². The lowest BCUT2D eigenvalue weighted by atomic mass is 10.2. The first-order chi connectivity index (χ1) is 8.39. The minimum Gasteiger partial charge on any atom is -0.464 e. The molecule has 0 N–H and O–H groups in total. The summed E-state index contributed by atoms with van der Waals surface area (Å²) in [7, 11) is 2.51. The SMILES string of the molecule is COCCc1c(C(=O)OC)nnn1CC(F)(F)F. The summed E-state index contributed by atoms with van der Waals surface area (Å²) in [6.07, 6.45) is -4.35. The third-order valence-corrected chi connectivity index (χ3v) is 2.09. The van der Waals surface area contributed by atoms with Crippen LogP contribution in [-0.2, 0) is 22.4 Å². The molecule has 1 aromatic rings. The lowest BCUT2D eigenvalue weighted by molar-refractivity contribution is -0.143. The van der Waals surface area contributed by atoms with E-state index in [0.717, 1.165) is 7.11 Å². The highest BCUT2D eigenvalue weighted by atomic mass is 19.4. The molecule has 0 radical (unpaired) electrons. The van der Waals surface area contributed by atoms with Gasteiger partial charge in [-0.1, -0.05) is 5.21 Å². The van der Waals surface area contributed by atoms with Crippen molar-refractivity contribution in [3.63, 3.8) is 0 Å². The number of esters is 1. The Hall–Kier alpha value is -1.64. The van der Waals surface area contributed by atoms with Crippen LogP contribution in [0.25, 0.3) is 0 Å². The smallest absolute Gasteiger partial charge is 0.408 e. The van der Waals surface area contributed by atoms with Crippen LogP contribution < -0.4 is 0 Å². The topological polar surface area (TPSA) is 66.2 Å². The number of hydrogen-bond donors (Lipinski definition) is 0. The fraction of sp³-hybridized carbons (Fsp3) is 0.667. The van der Waals surface area contributed by atoms with E-state index in [4.69, 9.17) is 4.74 Å². The van der Waals surface area contributed by atoms with Crippen LogP contribution in [0, 0.1) is 0 Å². The number of alkyl halides is 3. The summed E-state index contributed by atoms with van der Waals surface area (Å²) in [6.45, 7) is -1.16. The Morgan fingerprint density at radius 3 is 2.56 bits per heavy atom. The molecule has 0 amide bonds. The number of ether oxygens (including phenoxy) is 2. The summed E-state index contributed by atoms with van der Waals surface area (Å²) in [5.41, 5.74) is -0.181. The molecule has 0 fully saturated rings. The molecule has 0 saturated heterocycles. The Kier molecular flexibility index (Phi) is 4.65. The van der Waals surface area contributed by atoms with Gasteiger partial charge in [-0.25, -0.2) is 9.48 Å². The number of rotatable bonds is 5. The maximum absolute atomic E-state index is 12.3. The first kappa shape index (κ1) is 14.4. The van der Waals surface area contributed by atoms with Crippen LogP contribution >= 0.6 is 0 Å². The molecular formula is C9H12F3N3O3. The number of aromatic nitrogens is 3. The summed E-state index contributed by atoms with van der Waals surface area (Å²) < 4.78 is 46.7. The summed E-state index contributed by atoms with van der Waals surface area (Å²) in [6, 6.07) is 0. The van der Waals surface area contributed by atoms with Crippen molar-refractivity contribution >= 4 is 5.97 Å².